The predicted octanol–water partition coefficient (Wildman–Crippen LogP) is 2.68. The Kier molecular flexibility index (Phi) is 4.90. The first-order chi connectivity index (χ1) is 9.62. The predicted molar refractivity (Wildman–Crippen MR) is 81.4 cm³/mol. The van der Waals surface area contributed by atoms with E-state index in [4.69, 9.17) is 5.73 Å². The fourth-order valence-corrected chi connectivity index (χ4v) is 2.23. The Hall–Kier alpha value is -1.68. The van der Waals surface area contributed by atoms with E-state index in [0.717, 1.165) is 31.0 Å². The van der Waals surface area contributed by atoms with Crippen molar-refractivity contribution >= 4 is 0 Å². The maximum atomic E-state index is 5.79. The van der Waals surface area contributed by atoms with E-state index in [-0.39, 0.29) is 0 Å². The molecule has 2 rings (SSSR count). The summed E-state index contributed by atoms with van der Waals surface area (Å²) in [4.78, 5) is 4.56. The summed E-state index contributed by atoms with van der Waals surface area (Å²) >= 11 is 0. The molecule has 0 spiro atoms. The summed E-state index contributed by atoms with van der Waals surface area (Å²) in [6.07, 6.45) is 2.06. The van der Waals surface area contributed by atoms with Gasteiger partial charge in [0.05, 0.1) is 13.1 Å². The lowest BCUT2D eigenvalue weighted by Crippen LogP contribution is -2.10. The molecule has 0 saturated carbocycles. The van der Waals surface area contributed by atoms with Crippen molar-refractivity contribution < 1.29 is 0 Å². The van der Waals surface area contributed by atoms with Gasteiger partial charge >= 0.3 is 0 Å². The maximum absolute atomic E-state index is 5.79. The van der Waals surface area contributed by atoms with Crippen LogP contribution >= 0.6 is 0 Å². The van der Waals surface area contributed by atoms with Crippen LogP contribution in [0.4, 0.5) is 0 Å². The number of nitrogens with zero attached hydrogens (tertiary/aromatic N) is 3. The normalized spacial score (nSPS) is 12.6. The maximum Gasteiger partial charge on any atom is 0.151 e. The Balaban J connectivity index is 2.18. The van der Waals surface area contributed by atoms with Gasteiger partial charge < -0.3 is 5.73 Å². The molecule has 0 aliphatic heterocycles. The van der Waals surface area contributed by atoms with E-state index in [1.54, 1.807) is 0 Å². The summed E-state index contributed by atoms with van der Waals surface area (Å²) in [5.74, 6) is 2.38. The highest BCUT2D eigenvalue weighted by Gasteiger charge is 2.11. The Morgan fingerprint density at radius 1 is 1.35 bits per heavy atom. The van der Waals surface area contributed by atoms with Crippen molar-refractivity contribution in [2.45, 2.75) is 46.7 Å². The molecule has 0 fully saturated rings. The van der Waals surface area contributed by atoms with Crippen LogP contribution in [0.15, 0.2) is 24.3 Å². The monoisotopic (exact) mass is 272 g/mol. The third kappa shape index (κ3) is 3.67. The van der Waals surface area contributed by atoms with Gasteiger partial charge in [0.15, 0.2) is 5.82 Å². The lowest BCUT2D eigenvalue weighted by molar-refractivity contribution is 0.537. The van der Waals surface area contributed by atoms with Crippen LogP contribution in [0.25, 0.3) is 0 Å². The molecule has 1 atom stereocenters. The van der Waals surface area contributed by atoms with E-state index >= 15 is 0 Å². The highest BCUT2D eigenvalue weighted by molar-refractivity contribution is 5.22. The fourth-order valence-electron chi connectivity index (χ4n) is 2.23. The van der Waals surface area contributed by atoms with Crippen molar-refractivity contribution in [3.05, 3.63) is 47.0 Å². The SMILES string of the molecule is CC[C@H](C)Cc1nc(CN)n(Cc2cccc(C)c2)n1. The quantitative estimate of drug-likeness (QED) is 0.879. The summed E-state index contributed by atoms with van der Waals surface area (Å²) in [5.41, 5.74) is 8.28. The second kappa shape index (κ2) is 6.66. The lowest BCUT2D eigenvalue weighted by atomic mass is 10.1. The first kappa shape index (κ1) is 14.7. The van der Waals surface area contributed by atoms with E-state index in [2.05, 4.69) is 55.1 Å². The molecule has 0 unspecified atom stereocenters. The van der Waals surface area contributed by atoms with Gasteiger partial charge in [-0.3, -0.25) is 0 Å². The molecule has 0 radical (unpaired) electrons. The van der Waals surface area contributed by atoms with E-state index < -0.39 is 0 Å². The molecule has 2 aromatic rings. The Labute approximate surface area is 121 Å². The van der Waals surface area contributed by atoms with Crippen LogP contribution in [0, 0.1) is 12.8 Å². The van der Waals surface area contributed by atoms with Gasteiger partial charge in [-0.15, -0.1) is 0 Å². The molecule has 0 bridgehead atoms. The van der Waals surface area contributed by atoms with Gasteiger partial charge in [-0.05, 0) is 18.4 Å². The van der Waals surface area contributed by atoms with E-state index in [1.807, 2.05) is 4.68 Å². The van der Waals surface area contributed by atoms with Crippen molar-refractivity contribution in [2.75, 3.05) is 0 Å². The number of aryl methyl sites for hydroxylation is 1. The van der Waals surface area contributed by atoms with Crippen LogP contribution in [0.5, 0.6) is 0 Å². The third-order valence-corrected chi connectivity index (χ3v) is 3.62. The smallest absolute Gasteiger partial charge is 0.151 e. The molecule has 0 aliphatic carbocycles. The van der Waals surface area contributed by atoms with Crippen LogP contribution in [-0.2, 0) is 19.5 Å². The summed E-state index contributed by atoms with van der Waals surface area (Å²) in [6, 6.07) is 8.46. The summed E-state index contributed by atoms with van der Waals surface area (Å²) in [6.45, 7) is 7.69. The summed E-state index contributed by atoms with van der Waals surface area (Å²) < 4.78 is 1.94. The number of hydrogen-bond donors (Lipinski definition) is 1. The average Bonchev–Trinajstić information content (AvgIpc) is 2.80. The highest BCUT2D eigenvalue weighted by Crippen LogP contribution is 2.11. The number of nitrogens with two attached hydrogens (primary N) is 1. The topological polar surface area (TPSA) is 56.7 Å². The lowest BCUT2D eigenvalue weighted by Gasteiger charge is -2.05. The minimum atomic E-state index is 0.430. The molecule has 1 aromatic heterocycles. The average molecular weight is 272 g/mol. The largest absolute Gasteiger partial charge is 0.324 e. The molecular formula is C16H24N4. The third-order valence-electron chi connectivity index (χ3n) is 3.62. The van der Waals surface area contributed by atoms with Crippen molar-refractivity contribution in [2.24, 2.45) is 11.7 Å². The van der Waals surface area contributed by atoms with E-state index in [0.29, 0.717) is 12.5 Å². The van der Waals surface area contributed by atoms with Crippen LogP contribution in [0.3, 0.4) is 0 Å². The zero-order chi connectivity index (χ0) is 14.5. The highest BCUT2D eigenvalue weighted by atomic mass is 15.3. The Morgan fingerprint density at radius 3 is 2.80 bits per heavy atom. The van der Waals surface area contributed by atoms with Gasteiger partial charge in [-0.1, -0.05) is 50.1 Å². The summed E-state index contributed by atoms with van der Waals surface area (Å²) in [5, 5.41) is 4.62. The van der Waals surface area contributed by atoms with Crippen LogP contribution in [0.1, 0.15) is 43.0 Å². The molecule has 20 heavy (non-hydrogen) atoms. The van der Waals surface area contributed by atoms with Gasteiger partial charge in [0.25, 0.3) is 0 Å². The van der Waals surface area contributed by atoms with Crippen LogP contribution in [0.2, 0.25) is 0 Å². The Morgan fingerprint density at radius 2 is 2.15 bits per heavy atom. The molecule has 0 aliphatic rings. The van der Waals surface area contributed by atoms with Gasteiger partial charge in [0.1, 0.15) is 5.82 Å². The molecule has 0 amide bonds. The van der Waals surface area contributed by atoms with Crippen molar-refractivity contribution in [1.82, 2.24) is 14.8 Å². The molecule has 108 valence electrons. The zero-order valence-corrected chi connectivity index (χ0v) is 12.6. The molecule has 1 heterocycles. The molecule has 0 saturated heterocycles. The van der Waals surface area contributed by atoms with Gasteiger partial charge in [-0.2, -0.15) is 5.10 Å². The first-order valence-corrected chi connectivity index (χ1v) is 7.30. The van der Waals surface area contributed by atoms with Crippen LogP contribution in [-0.4, -0.2) is 14.8 Å². The molecule has 4 heteroatoms. The van der Waals surface area contributed by atoms with Gasteiger partial charge in [0, 0.05) is 6.42 Å². The second-order valence-corrected chi connectivity index (χ2v) is 5.51. The molecule has 4 nitrogen and oxygen atoms in total. The number of benzene rings is 1. The summed E-state index contributed by atoms with van der Waals surface area (Å²) in [7, 11) is 0. The van der Waals surface area contributed by atoms with Gasteiger partial charge in [0.2, 0.25) is 0 Å². The number of hydrogen-bond acceptors (Lipinski definition) is 3. The first-order valence-electron chi connectivity index (χ1n) is 7.30. The zero-order valence-electron chi connectivity index (χ0n) is 12.6. The minimum Gasteiger partial charge on any atom is -0.324 e. The van der Waals surface area contributed by atoms with Crippen molar-refractivity contribution in [3.63, 3.8) is 0 Å². The standard InChI is InChI=1S/C16H24N4/c1-4-12(2)9-15-18-16(10-17)20(19-15)11-14-7-5-6-13(3)8-14/h5-8,12H,4,9-11,17H2,1-3H3/t12-/m0/s1. The fraction of sp³-hybridized carbons (Fsp3) is 0.500. The number of rotatable bonds is 6. The van der Waals surface area contributed by atoms with E-state index in [1.165, 1.54) is 11.1 Å². The molecule has 1 aromatic carbocycles. The van der Waals surface area contributed by atoms with Gasteiger partial charge in [-0.25, -0.2) is 9.67 Å². The second-order valence-electron chi connectivity index (χ2n) is 5.51. The number of aromatic nitrogens is 3. The molecule has 2 N–H and O–H groups in total. The minimum absolute atomic E-state index is 0.430. The van der Waals surface area contributed by atoms with Crippen LogP contribution < -0.4 is 5.73 Å². The molecular weight excluding hydrogens is 248 g/mol. The van der Waals surface area contributed by atoms with E-state index in [9.17, 15) is 0 Å². The van der Waals surface area contributed by atoms with Crippen molar-refractivity contribution in [1.29, 1.82) is 0 Å². The van der Waals surface area contributed by atoms with Crippen molar-refractivity contribution in [3.8, 4) is 0 Å². The Bertz CT molecular complexity index is 559.